The molecule has 7 nitrogen and oxygen atoms in total. The van der Waals surface area contributed by atoms with Gasteiger partial charge in [-0.3, -0.25) is 0 Å². The smallest absolute Gasteiger partial charge is 0.269 e. The molecule has 0 amide bonds. The van der Waals surface area contributed by atoms with E-state index in [4.69, 9.17) is 26.8 Å². The molecule has 3 rings (SSSR count). The predicted octanol–water partition coefficient (Wildman–Crippen LogP) is 3.93. The van der Waals surface area contributed by atoms with E-state index in [1.54, 1.807) is 23.6 Å². The summed E-state index contributed by atoms with van der Waals surface area (Å²) in [5, 5.41) is 1.72. The molecule has 0 spiro atoms. The molecule has 0 bridgehead atoms. The number of halogens is 2. The Kier molecular flexibility index (Phi) is 6.15. The molecular weight excluding hydrogens is 441 g/mol. The van der Waals surface area contributed by atoms with Crippen molar-refractivity contribution in [3.05, 3.63) is 58.3 Å². The number of ether oxygens (including phenoxy) is 2. The predicted molar refractivity (Wildman–Crippen MR) is 111 cm³/mol. The van der Waals surface area contributed by atoms with Crippen LogP contribution in [-0.4, -0.2) is 27.6 Å². The van der Waals surface area contributed by atoms with Crippen LogP contribution in [0.4, 0.5) is 15.2 Å². The van der Waals surface area contributed by atoms with Crippen molar-refractivity contribution in [2.24, 2.45) is 0 Å². The van der Waals surface area contributed by atoms with E-state index in [0.717, 1.165) is 27.8 Å². The Hall–Kier alpha value is -2.56. The first-order valence-electron chi connectivity index (χ1n) is 8.15. The van der Waals surface area contributed by atoms with Gasteiger partial charge in [0.05, 0.1) is 31.5 Å². The molecule has 2 aromatic carbocycles. The highest BCUT2D eigenvalue weighted by molar-refractivity contribution is 7.93. The molecule has 11 heteroatoms. The highest BCUT2D eigenvalue weighted by Crippen LogP contribution is 2.34. The van der Waals surface area contributed by atoms with Gasteiger partial charge in [-0.2, -0.15) is 0 Å². The van der Waals surface area contributed by atoms with Crippen LogP contribution in [0.25, 0.3) is 0 Å². The van der Waals surface area contributed by atoms with Crippen LogP contribution in [0.15, 0.2) is 46.8 Å². The summed E-state index contributed by atoms with van der Waals surface area (Å²) in [7, 11) is -1.39. The van der Waals surface area contributed by atoms with Crippen LogP contribution in [0.3, 0.4) is 0 Å². The molecule has 2 N–H and O–H groups in total. The molecule has 0 atom stereocenters. The molecule has 0 fully saturated rings. The first-order chi connectivity index (χ1) is 13.8. The van der Waals surface area contributed by atoms with Crippen molar-refractivity contribution in [3.63, 3.8) is 0 Å². The Bertz CT molecular complexity index is 1120. The van der Waals surface area contributed by atoms with Gasteiger partial charge in [0.2, 0.25) is 0 Å². The molecule has 0 saturated heterocycles. The number of benzene rings is 2. The highest BCUT2D eigenvalue weighted by Gasteiger charge is 2.31. The third-order valence-corrected chi connectivity index (χ3v) is 7.05. The molecule has 0 saturated carbocycles. The summed E-state index contributed by atoms with van der Waals surface area (Å²) >= 11 is 7.04. The SMILES string of the molecule is COc1ccc(CN(c2nccs2)S(=O)(=O)c2cc(Cl)c(N)cc2F)c(OC)c1. The summed E-state index contributed by atoms with van der Waals surface area (Å²) < 4.78 is 52.7. The third-order valence-electron chi connectivity index (χ3n) is 4.06. The fourth-order valence-electron chi connectivity index (χ4n) is 2.59. The molecule has 3 aromatic rings. The van der Waals surface area contributed by atoms with Gasteiger partial charge in [0.25, 0.3) is 10.0 Å². The lowest BCUT2D eigenvalue weighted by Crippen LogP contribution is -2.31. The van der Waals surface area contributed by atoms with Crippen LogP contribution < -0.4 is 19.5 Å². The van der Waals surface area contributed by atoms with E-state index in [9.17, 15) is 12.8 Å². The summed E-state index contributed by atoms with van der Waals surface area (Å²) in [6.07, 6.45) is 1.46. The Morgan fingerprint density at radius 1 is 1.24 bits per heavy atom. The standard InChI is InChI=1S/C18H17ClFN3O4S2/c1-26-12-4-3-11(16(7-12)27-2)10-23(18-22-5-6-28-18)29(24,25)17-8-13(19)15(21)9-14(17)20/h3-9H,10,21H2,1-2H3. The quantitative estimate of drug-likeness (QED) is 0.540. The number of nitrogen functional groups attached to an aromatic ring is 1. The number of methoxy groups -OCH3 is 2. The minimum Gasteiger partial charge on any atom is -0.497 e. The average molecular weight is 458 g/mol. The van der Waals surface area contributed by atoms with Crippen molar-refractivity contribution >= 4 is 43.8 Å². The number of rotatable bonds is 7. The molecule has 0 aliphatic carbocycles. The van der Waals surface area contributed by atoms with E-state index in [2.05, 4.69) is 4.98 Å². The summed E-state index contributed by atoms with van der Waals surface area (Å²) in [6, 6.07) is 6.84. The van der Waals surface area contributed by atoms with Gasteiger partial charge in [-0.05, 0) is 24.3 Å². The van der Waals surface area contributed by atoms with Crippen LogP contribution >= 0.6 is 22.9 Å². The Balaban J connectivity index is 2.11. The number of hydrogen-bond donors (Lipinski definition) is 1. The molecule has 1 aromatic heterocycles. The number of nitrogens with two attached hydrogens (primary N) is 1. The first kappa shape index (κ1) is 21.2. The lowest BCUT2D eigenvalue weighted by Gasteiger charge is -2.23. The zero-order valence-corrected chi connectivity index (χ0v) is 17.8. The van der Waals surface area contributed by atoms with Gasteiger partial charge in [-0.15, -0.1) is 11.3 Å². The number of sulfonamides is 1. The van der Waals surface area contributed by atoms with Crippen molar-refractivity contribution in [2.45, 2.75) is 11.4 Å². The average Bonchev–Trinajstić information content (AvgIpc) is 3.22. The molecule has 29 heavy (non-hydrogen) atoms. The third kappa shape index (κ3) is 4.24. The number of nitrogens with zero attached hydrogens (tertiary/aromatic N) is 2. The van der Waals surface area contributed by atoms with Crippen molar-refractivity contribution in [1.82, 2.24) is 4.98 Å². The number of thiazole rings is 1. The van der Waals surface area contributed by atoms with Crippen LogP contribution in [0.1, 0.15) is 5.56 Å². The Morgan fingerprint density at radius 2 is 2.00 bits per heavy atom. The molecule has 154 valence electrons. The van der Waals surface area contributed by atoms with Gasteiger partial charge >= 0.3 is 0 Å². The van der Waals surface area contributed by atoms with Crippen molar-refractivity contribution in [2.75, 3.05) is 24.3 Å². The van der Waals surface area contributed by atoms with Gasteiger partial charge in [0.1, 0.15) is 22.2 Å². The number of anilines is 2. The monoisotopic (exact) mass is 457 g/mol. The maximum Gasteiger partial charge on any atom is 0.269 e. The maximum absolute atomic E-state index is 14.5. The van der Waals surface area contributed by atoms with E-state index >= 15 is 0 Å². The summed E-state index contributed by atoms with van der Waals surface area (Å²) in [4.78, 5) is 3.49. The van der Waals surface area contributed by atoms with Crippen LogP contribution in [-0.2, 0) is 16.6 Å². The van der Waals surface area contributed by atoms with E-state index < -0.39 is 20.7 Å². The maximum atomic E-state index is 14.5. The first-order valence-corrected chi connectivity index (χ1v) is 10.9. The normalized spacial score (nSPS) is 11.3. The van der Waals surface area contributed by atoms with Crippen LogP contribution in [0, 0.1) is 5.82 Å². The Morgan fingerprint density at radius 3 is 2.62 bits per heavy atom. The fraction of sp³-hybridized carbons (Fsp3) is 0.167. The van der Waals surface area contributed by atoms with E-state index in [1.807, 2.05) is 0 Å². The minimum absolute atomic E-state index is 0.0549. The summed E-state index contributed by atoms with van der Waals surface area (Å²) in [6.45, 7) is -0.148. The fourth-order valence-corrected chi connectivity index (χ4v) is 5.16. The molecule has 0 radical (unpaired) electrons. The molecule has 1 heterocycles. The second-order valence-electron chi connectivity index (χ2n) is 5.81. The number of aromatic nitrogens is 1. The van der Waals surface area contributed by atoms with Crippen LogP contribution in [0.2, 0.25) is 5.02 Å². The lowest BCUT2D eigenvalue weighted by atomic mass is 10.2. The van der Waals surface area contributed by atoms with Gasteiger partial charge in [-0.25, -0.2) is 22.1 Å². The van der Waals surface area contributed by atoms with Gasteiger partial charge in [0.15, 0.2) is 5.13 Å². The van der Waals surface area contributed by atoms with E-state index in [-0.39, 0.29) is 22.4 Å². The second kappa shape index (κ2) is 8.44. The highest BCUT2D eigenvalue weighted by atomic mass is 35.5. The van der Waals surface area contributed by atoms with Gasteiger partial charge < -0.3 is 15.2 Å². The lowest BCUT2D eigenvalue weighted by molar-refractivity contribution is 0.391. The van der Waals surface area contributed by atoms with Crippen molar-refractivity contribution in [1.29, 1.82) is 0 Å². The van der Waals surface area contributed by atoms with Gasteiger partial charge in [0, 0.05) is 23.2 Å². The van der Waals surface area contributed by atoms with E-state index in [1.165, 1.54) is 20.4 Å². The van der Waals surface area contributed by atoms with Crippen molar-refractivity contribution in [3.8, 4) is 11.5 Å². The second-order valence-corrected chi connectivity index (χ2v) is 8.92. The zero-order valence-electron chi connectivity index (χ0n) is 15.4. The van der Waals surface area contributed by atoms with E-state index in [0.29, 0.717) is 17.1 Å². The molecule has 0 aliphatic rings. The summed E-state index contributed by atoms with van der Waals surface area (Å²) in [5.41, 5.74) is 6.05. The number of hydrogen-bond acceptors (Lipinski definition) is 7. The summed E-state index contributed by atoms with van der Waals surface area (Å²) in [5.74, 6) is -0.0438. The minimum atomic E-state index is -4.35. The van der Waals surface area contributed by atoms with Gasteiger partial charge in [-0.1, -0.05) is 11.6 Å². The molecule has 0 unspecified atom stereocenters. The topological polar surface area (TPSA) is 94.8 Å². The van der Waals surface area contributed by atoms with Crippen molar-refractivity contribution < 1.29 is 22.3 Å². The molecule has 0 aliphatic heterocycles. The van der Waals surface area contributed by atoms with Crippen LogP contribution in [0.5, 0.6) is 11.5 Å². The Labute approximate surface area is 176 Å². The molecular formula is C18H17ClFN3O4S2. The zero-order chi connectivity index (χ0) is 21.2. The largest absolute Gasteiger partial charge is 0.497 e.